The predicted octanol–water partition coefficient (Wildman–Crippen LogP) is 3.14. The second kappa shape index (κ2) is 11.5. The van der Waals surface area contributed by atoms with E-state index in [1.807, 2.05) is 12.1 Å². The fourth-order valence-corrected chi connectivity index (χ4v) is 7.07. The Morgan fingerprint density at radius 1 is 1.05 bits per heavy atom. The number of aromatic nitrogens is 1. The molecule has 2 aliphatic heterocycles. The summed E-state index contributed by atoms with van der Waals surface area (Å²) < 4.78 is 28.5. The standard InChI is InChI=1S/C28H32ClN5O4S/c1-20(35)31-16-26-18-33(39(37,38)27-5-3-22-14-24(29)4-2-23(22)15-27)19-28(36)34(26)17-21-8-12-32(13-9-21)25-6-10-30-11-7-25/h2-7,10-11,14-15,21,26H,8-9,12-13,16-19H2,1H3,(H,31,35). The maximum atomic E-state index is 13.6. The van der Waals surface area contributed by atoms with Crippen molar-refractivity contribution in [3.05, 3.63) is 65.9 Å². The van der Waals surface area contributed by atoms with Crippen molar-refractivity contribution in [2.24, 2.45) is 5.92 Å². The minimum Gasteiger partial charge on any atom is -0.371 e. The first-order valence-corrected chi connectivity index (χ1v) is 14.9. The quantitative estimate of drug-likeness (QED) is 0.469. The zero-order valence-electron chi connectivity index (χ0n) is 21.8. The van der Waals surface area contributed by atoms with Crippen LogP contribution in [0.3, 0.4) is 0 Å². The molecule has 1 aromatic heterocycles. The first-order valence-electron chi connectivity index (χ1n) is 13.1. The van der Waals surface area contributed by atoms with E-state index in [2.05, 4.69) is 15.2 Å². The van der Waals surface area contributed by atoms with Gasteiger partial charge in [-0.05, 0) is 65.9 Å². The van der Waals surface area contributed by atoms with Gasteiger partial charge in [0.1, 0.15) is 0 Å². The number of sulfonamides is 1. The van der Waals surface area contributed by atoms with Crippen LogP contribution < -0.4 is 10.2 Å². The summed E-state index contributed by atoms with van der Waals surface area (Å²) in [4.78, 5) is 33.4. The molecule has 0 saturated carbocycles. The topological polar surface area (TPSA) is 103 Å². The van der Waals surface area contributed by atoms with Gasteiger partial charge in [0.25, 0.3) is 0 Å². The summed E-state index contributed by atoms with van der Waals surface area (Å²) in [5, 5.41) is 4.95. The highest BCUT2D eigenvalue weighted by molar-refractivity contribution is 7.89. The highest BCUT2D eigenvalue weighted by atomic mass is 35.5. The fraction of sp³-hybridized carbons (Fsp3) is 0.393. The Morgan fingerprint density at radius 3 is 2.46 bits per heavy atom. The number of fused-ring (bicyclic) bond motifs is 1. The van der Waals surface area contributed by atoms with Gasteiger partial charge in [-0.15, -0.1) is 0 Å². The van der Waals surface area contributed by atoms with Gasteiger partial charge in [0.15, 0.2) is 0 Å². The molecule has 1 N–H and O–H groups in total. The summed E-state index contributed by atoms with van der Waals surface area (Å²) in [6.07, 6.45) is 5.41. The Balaban J connectivity index is 1.30. The molecular weight excluding hydrogens is 538 g/mol. The fourth-order valence-electron chi connectivity index (χ4n) is 5.42. The number of anilines is 1. The number of carbonyl (C=O) groups is 2. The molecule has 1 unspecified atom stereocenters. The lowest BCUT2D eigenvalue weighted by atomic mass is 9.94. The van der Waals surface area contributed by atoms with Crippen molar-refractivity contribution in [2.45, 2.75) is 30.7 Å². The van der Waals surface area contributed by atoms with Crippen LogP contribution in [-0.4, -0.2) is 79.7 Å². The van der Waals surface area contributed by atoms with Gasteiger partial charge in [0, 0.05) is 62.8 Å². The first-order chi connectivity index (χ1) is 18.7. The number of carbonyl (C=O) groups excluding carboxylic acids is 2. The number of hydrogen-bond acceptors (Lipinski definition) is 6. The Morgan fingerprint density at radius 2 is 1.74 bits per heavy atom. The minimum absolute atomic E-state index is 0.114. The molecule has 0 spiro atoms. The molecule has 1 atom stereocenters. The maximum absolute atomic E-state index is 13.6. The van der Waals surface area contributed by atoms with E-state index in [0.29, 0.717) is 17.5 Å². The Hall–Kier alpha value is -3.21. The number of hydrogen-bond donors (Lipinski definition) is 1. The van der Waals surface area contributed by atoms with Crippen molar-refractivity contribution in [3.63, 3.8) is 0 Å². The normalized spacial score (nSPS) is 19.4. The van der Waals surface area contributed by atoms with E-state index >= 15 is 0 Å². The molecule has 0 radical (unpaired) electrons. The number of nitrogens with zero attached hydrogens (tertiary/aromatic N) is 4. The monoisotopic (exact) mass is 569 g/mol. The molecule has 9 nitrogen and oxygen atoms in total. The van der Waals surface area contributed by atoms with Gasteiger partial charge in [0.2, 0.25) is 21.8 Å². The Bertz CT molecular complexity index is 1460. The maximum Gasteiger partial charge on any atom is 0.243 e. The van der Waals surface area contributed by atoms with Crippen LogP contribution in [0, 0.1) is 5.92 Å². The number of rotatable bonds is 7. The van der Waals surface area contributed by atoms with Crippen LogP contribution in [0.4, 0.5) is 5.69 Å². The molecule has 206 valence electrons. The molecule has 3 aromatic rings. The number of piperazine rings is 1. The van der Waals surface area contributed by atoms with Crippen LogP contribution >= 0.6 is 11.6 Å². The van der Waals surface area contributed by atoms with Gasteiger partial charge in [-0.2, -0.15) is 4.31 Å². The van der Waals surface area contributed by atoms with Gasteiger partial charge < -0.3 is 15.1 Å². The third-order valence-corrected chi connectivity index (χ3v) is 9.63. The molecule has 2 fully saturated rings. The largest absolute Gasteiger partial charge is 0.371 e. The number of amides is 2. The molecule has 2 saturated heterocycles. The van der Waals surface area contributed by atoms with Crippen molar-refractivity contribution >= 4 is 49.9 Å². The first kappa shape index (κ1) is 27.4. The van der Waals surface area contributed by atoms with Crippen LogP contribution in [0.15, 0.2) is 65.8 Å². The third kappa shape index (κ3) is 6.18. The highest BCUT2D eigenvalue weighted by Gasteiger charge is 2.39. The summed E-state index contributed by atoms with van der Waals surface area (Å²) in [5.41, 5.74) is 1.14. The second-order valence-electron chi connectivity index (χ2n) is 10.2. The predicted molar refractivity (Wildman–Crippen MR) is 151 cm³/mol. The van der Waals surface area contributed by atoms with Crippen LogP contribution in [0.2, 0.25) is 5.02 Å². The van der Waals surface area contributed by atoms with E-state index in [-0.39, 0.29) is 36.3 Å². The SMILES string of the molecule is CC(=O)NCC1CN(S(=O)(=O)c2ccc3cc(Cl)ccc3c2)CC(=O)N1CC1CCN(c2ccncc2)CC1. The summed E-state index contributed by atoms with van der Waals surface area (Å²) >= 11 is 6.07. The van der Waals surface area contributed by atoms with Gasteiger partial charge in [-0.25, -0.2) is 8.42 Å². The van der Waals surface area contributed by atoms with Crippen molar-refractivity contribution in [1.82, 2.24) is 19.5 Å². The summed E-state index contributed by atoms with van der Waals surface area (Å²) in [7, 11) is -3.93. The molecule has 2 aromatic carbocycles. The third-order valence-electron chi connectivity index (χ3n) is 7.58. The van der Waals surface area contributed by atoms with Crippen LogP contribution in [0.25, 0.3) is 10.8 Å². The number of pyridine rings is 1. The average molecular weight is 570 g/mol. The molecular formula is C28H32ClN5O4S. The molecule has 2 amide bonds. The molecule has 3 heterocycles. The van der Waals surface area contributed by atoms with E-state index < -0.39 is 16.1 Å². The second-order valence-corrected chi connectivity index (χ2v) is 12.6. The molecule has 11 heteroatoms. The minimum atomic E-state index is -3.93. The van der Waals surface area contributed by atoms with E-state index in [0.717, 1.165) is 42.4 Å². The van der Waals surface area contributed by atoms with Crippen molar-refractivity contribution in [3.8, 4) is 0 Å². The van der Waals surface area contributed by atoms with Crippen molar-refractivity contribution in [1.29, 1.82) is 0 Å². The Kier molecular flexibility index (Phi) is 8.06. The summed E-state index contributed by atoms with van der Waals surface area (Å²) in [6, 6.07) is 13.7. The zero-order chi connectivity index (χ0) is 27.6. The lowest BCUT2D eigenvalue weighted by Crippen LogP contribution is -2.61. The van der Waals surface area contributed by atoms with E-state index in [1.54, 1.807) is 53.7 Å². The van der Waals surface area contributed by atoms with Gasteiger partial charge >= 0.3 is 0 Å². The summed E-state index contributed by atoms with van der Waals surface area (Å²) in [5.74, 6) is -0.173. The van der Waals surface area contributed by atoms with Gasteiger partial charge in [-0.3, -0.25) is 14.6 Å². The molecule has 0 aliphatic carbocycles. The molecule has 0 bridgehead atoms. The number of halogens is 1. The summed E-state index contributed by atoms with van der Waals surface area (Å²) in [6.45, 7) is 3.79. The number of piperidine rings is 1. The van der Waals surface area contributed by atoms with Crippen LogP contribution in [-0.2, 0) is 19.6 Å². The van der Waals surface area contributed by atoms with Gasteiger partial charge in [0.05, 0.1) is 17.5 Å². The number of nitrogens with one attached hydrogen (secondary N) is 1. The smallest absolute Gasteiger partial charge is 0.243 e. The lowest BCUT2D eigenvalue weighted by molar-refractivity contribution is -0.139. The van der Waals surface area contributed by atoms with Crippen LogP contribution in [0.5, 0.6) is 0 Å². The molecule has 2 aliphatic rings. The van der Waals surface area contributed by atoms with Gasteiger partial charge in [-0.1, -0.05) is 23.7 Å². The average Bonchev–Trinajstić information content (AvgIpc) is 2.93. The zero-order valence-corrected chi connectivity index (χ0v) is 23.4. The Labute approximate surface area is 233 Å². The van der Waals surface area contributed by atoms with Crippen molar-refractivity contribution < 1.29 is 18.0 Å². The van der Waals surface area contributed by atoms with E-state index in [4.69, 9.17) is 11.6 Å². The lowest BCUT2D eigenvalue weighted by Gasteiger charge is -2.43. The highest BCUT2D eigenvalue weighted by Crippen LogP contribution is 2.28. The van der Waals surface area contributed by atoms with E-state index in [1.165, 1.54) is 11.2 Å². The van der Waals surface area contributed by atoms with E-state index in [9.17, 15) is 18.0 Å². The molecule has 39 heavy (non-hydrogen) atoms. The van der Waals surface area contributed by atoms with Crippen LogP contribution in [0.1, 0.15) is 19.8 Å². The van der Waals surface area contributed by atoms with Crippen molar-refractivity contribution in [2.75, 3.05) is 44.2 Å². The number of benzene rings is 2. The molecule has 5 rings (SSSR count).